The van der Waals surface area contributed by atoms with Gasteiger partial charge in [0.2, 0.25) is 0 Å². The molecule has 0 amide bonds. The molecule has 2 N–H and O–H groups in total. The molecule has 1 rings (SSSR count). The Bertz CT molecular complexity index is 354. The number of ether oxygens (including phenoxy) is 1. The number of benzene rings is 1. The Morgan fingerprint density at radius 2 is 2.00 bits per heavy atom. The van der Waals surface area contributed by atoms with Gasteiger partial charge in [-0.15, -0.1) is 0 Å². The highest BCUT2D eigenvalue weighted by Crippen LogP contribution is 2.35. The van der Waals surface area contributed by atoms with Crippen molar-refractivity contribution in [3.05, 3.63) is 28.8 Å². The summed E-state index contributed by atoms with van der Waals surface area (Å²) in [4.78, 5) is 0. The summed E-state index contributed by atoms with van der Waals surface area (Å²) in [5, 5.41) is -0.0272. The van der Waals surface area contributed by atoms with Gasteiger partial charge in [-0.3, -0.25) is 0 Å². The average molecular weight is 240 g/mol. The Kier molecular flexibility index (Phi) is 3.46. The summed E-state index contributed by atoms with van der Waals surface area (Å²) < 4.78 is 41.8. The molecule has 0 saturated carbocycles. The van der Waals surface area contributed by atoms with Gasteiger partial charge in [-0.05, 0) is 18.2 Å². The second-order valence-electron chi connectivity index (χ2n) is 2.91. The highest BCUT2D eigenvalue weighted by Gasteiger charge is 2.39. The summed E-state index contributed by atoms with van der Waals surface area (Å²) in [5.74, 6) is 0.286. The van der Waals surface area contributed by atoms with Crippen LogP contribution >= 0.6 is 11.6 Å². The van der Waals surface area contributed by atoms with Crippen LogP contribution in [0, 0.1) is 0 Å². The fraction of sp³-hybridized carbons (Fsp3) is 0.333. The molecule has 0 fully saturated rings. The Labute approximate surface area is 89.8 Å². The van der Waals surface area contributed by atoms with Gasteiger partial charge in [-0.25, -0.2) is 0 Å². The maximum Gasteiger partial charge on any atom is 0.407 e. The SMILES string of the molecule is COc1ccc(Cl)c([C@H](N)C(F)(F)F)c1. The predicted molar refractivity (Wildman–Crippen MR) is 51.0 cm³/mol. The molecule has 1 atom stereocenters. The number of rotatable bonds is 2. The lowest BCUT2D eigenvalue weighted by Gasteiger charge is -2.17. The van der Waals surface area contributed by atoms with E-state index in [1.165, 1.54) is 25.3 Å². The Morgan fingerprint density at radius 3 is 2.47 bits per heavy atom. The highest BCUT2D eigenvalue weighted by atomic mass is 35.5. The van der Waals surface area contributed by atoms with E-state index in [2.05, 4.69) is 0 Å². The van der Waals surface area contributed by atoms with E-state index in [0.717, 1.165) is 0 Å². The summed E-state index contributed by atoms with van der Waals surface area (Å²) in [5.41, 5.74) is 4.84. The minimum atomic E-state index is -4.52. The first-order chi connectivity index (χ1) is 6.86. The average Bonchev–Trinajstić information content (AvgIpc) is 2.16. The molecule has 0 aliphatic heterocycles. The molecule has 15 heavy (non-hydrogen) atoms. The van der Waals surface area contributed by atoms with Gasteiger partial charge in [-0.2, -0.15) is 13.2 Å². The van der Waals surface area contributed by atoms with E-state index in [1.54, 1.807) is 0 Å². The van der Waals surface area contributed by atoms with E-state index >= 15 is 0 Å². The van der Waals surface area contributed by atoms with Crippen LogP contribution in [0.15, 0.2) is 18.2 Å². The van der Waals surface area contributed by atoms with Crippen molar-refractivity contribution in [3.63, 3.8) is 0 Å². The predicted octanol–water partition coefficient (Wildman–Crippen LogP) is 2.91. The Balaban J connectivity index is 3.12. The van der Waals surface area contributed by atoms with Gasteiger partial charge >= 0.3 is 6.18 Å². The summed E-state index contributed by atoms with van der Waals surface area (Å²) >= 11 is 5.62. The normalized spacial score (nSPS) is 13.7. The van der Waals surface area contributed by atoms with Gasteiger partial charge in [0, 0.05) is 10.6 Å². The van der Waals surface area contributed by atoms with E-state index in [1.807, 2.05) is 0 Å². The molecular weight excluding hydrogens is 231 g/mol. The first kappa shape index (κ1) is 12.1. The van der Waals surface area contributed by atoms with Gasteiger partial charge in [0.25, 0.3) is 0 Å². The zero-order valence-corrected chi connectivity index (χ0v) is 8.56. The van der Waals surface area contributed by atoms with Crippen LogP contribution in [0.4, 0.5) is 13.2 Å². The zero-order valence-electron chi connectivity index (χ0n) is 7.81. The minimum absolute atomic E-state index is 0.0272. The maximum atomic E-state index is 12.3. The van der Waals surface area contributed by atoms with Crippen molar-refractivity contribution in [2.75, 3.05) is 7.11 Å². The number of halogens is 4. The molecule has 0 saturated heterocycles. The summed E-state index contributed by atoms with van der Waals surface area (Å²) in [7, 11) is 1.35. The van der Waals surface area contributed by atoms with Crippen molar-refractivity contribution in [2.24, 2.45) is 5.73 Å². The molecule has 2 nitrogen and oxygen atoms in total. The largest absolute Gasteiger partial charge is 0.497 e. The third-order valence-electron chi connectivity index (χ3n) is 1.89. The van der Waals surface area contributed by atoms with E-state index in [-0.39, 0.29) is 16.3 Å². The number of nitrogens with two attached hydrogens (primary N) is 1. The lowest BCUT2D eigenvalue weighted by molar-refractivity contribution is -0.149. The number of hydrogen-bond acceptors (Lipinski definition) is 2. The van der Waals surface area contributed by atoms with Gasteiger partial charge in [0.1, 0.15) is 11.8 Å². The third-order valence-corrected chi connectivity index (χ3v) is 2.24. The van der Waals surface area contributed by atoms with Crippen LogP contribution in [-0.2, 0) is 0 Å². The third kappa shape index (κ3) is 2.76. The van der Waals surface area contributed by atoms with Crippen molar-refractivity contribution in [1.82, 2.24) is 0 Å². The molecule has 1 aromatic rings. The molecule has 0 bridgehead atoms. The molecular formula is C9H9ClF3NO. The van der Waals surface area contributed by atoms with Crippen LogP contribution in [0.3, 0.4) is 0 Å². The van der Waals surface area contributed by atoms with Crippen LogP contribution in [0.1, 0.15) is 11.6 Å². The molecule has 0 heterocycles. The summed E-state index contributed by atoms with van der Waals surface area (Å²) in [6.45, 7) is 0. The van der Waals surface area contributed by atoms with Crippen LogP contribution in [0.2, 0.25) is 5.02 Å². The first-order valence-corrected chi connectivity index (χ1v) is 4.39. The van der Waals surface area contributed by atoms with Crippen molar-refractivity contribution < 1.29 is 17.9 Å². The van der Waals surface area contributed by atoms with Crippen LogP contribution in [-0.4, -0.2) is 13.3 Å². The van der Waals surface area contributed by atoms with Crippen molar-refractivity contribution in [3.8, 4) is 5.75 Å². The van der Waals surface area contributed by atoms with E-state index < -0.39 is 12.2 Å². The van der Waals surface area contributed by atoms with Crippen LogP contribution in [0.25, 0.3) is 0 Å². The molecule has 84 valence electrons. The van der Waals surface area contributed by atoms with Gasteiger partial charge in [-0.1, -0.05) is 11.6 Å². The maximum absolute atomic E-state index is 12.3. The van der Waals surface area contributed by atoms with Gasteiger partial charge in [0.15, 0.2) is 0 Å². The highest BCUT2D eigenvalue weighted by molar-refractivity contribution is 6.31. The lowest BCUT2D eigenvalue weighted by atomic mass is 10.1. The van der Waals surface area contributed by atoms with Crippen molar-refractivity contribution in [2.45, 2.75) is 12.2 Å². The molecule has 0 aliphatic carbocycles. The fourth-order valence-corrected chi connectivity index (χ4v) is 1.30. The molecule has 0 aliphatic rings. The molecule has 0 aromatic heterocycles. The lowest BCUT2D eigenvalue weighted by Crippen LogP contribution is -2.28. The van der Waals surface area contributed by atoms with Crippen molar-refractivity contribution in [1.29, 1.82) is 0 Å². The Morgan fingerprint density at radius 1 is 1.40 bits per heavy atom. The number of hydrogen-bond donors (Lipinski definition) is 1. The summed E-state index contributed by atoms with van der Waals surface area (Å²) in [6.07, 6.45) is -4.52. The van der Waals surface area contributed by atoms with Crippen LogP contribution < -0.4 is 10.5 Å². The van der Waals surface area contributed by atoms with E-state index in [4.69, 9.17) is 22.1 Å². The fourth-order valence-electron chi connectivity index (χ4n) is 1.06. The van der Waals surface area contributed by atoms with Crippen LogP contribution in [0.5, 0.6) is 5.75 Å². The molecule has 0 unspecified atom stereocenters. The minimum Gasteiger partial charge on any atom is -0.497 e. The first-order valence-electron chi connectivity index (χ1n) is 4.02. The molecule has 6 heteroatoms. The number of methoxy groups -OCH3 is 1. The van der Waals surface area contributed by atoms with E-state index in [9.17, 15) is 13.2 Å². The molecule has 0 radical (unpaired) electrons. The summed E-state index contributed by atoms with van der Waals surface area (Å²) in [6, 6.07) is 1.87. The zero-order chi connectivity index (χ0) is 11.6. The molecule has 0 spiro atoms. The second kappa shape index (κ2) is 4.28. The molecule has 1 aromatic carbocycles. The topological polar surface area (TPSA) is 35.2 Å². The Hall–Kier alpha value is -0.940. The van der Waals surface area contributed by atoms with E-state index in [0.29, 0.717) is 0 Å². The van der Waals surface area contributed by atoms with Gasteiger partial charge in [0.05, 0.1) is 7.11 Å². The monoisotopic (exact) mass is 239 g/mol. The standard InChI is InChI=1S/C9H9ClF3NO/c1-15-5-2-3-7(10)6(4-5)8(14)9(11,12)13/h2-4,8H,14H2,1H3/t8-/m0/s1. The number of alkyl halides is 3. The smallest absolute Gasteiger partial charge is 0.407 e. The van der Waals surface area contributed by atoms with Crippen molar-refractivity contribution >= 4 is 11.6 Å². The quantitative estimate of drug-likeness (QED) is 0.861. The second-order valence-corrected chi connectivity index (χ2v) is 3.31. The van der Waals surface area contributed by atoms with Gasteiger partial charge < -0.3 is 10.5 Å².